The van der Waals surface area contributed by atoms with Crippen LogP contribution in [-0.4, -0.2) is 71.8 Å². The lowest BCUT2D eigenvalue weighted by molar-refractivity contribution is 0.000951. The molecule has 0 N–H and O–H groups in total. The Hall–Kier alpha value is -2.78. The molecule has 1 aromatic heterocycles. The average molecular weight is 512 g/mol. The van der Waals surface area contributed by atoms with Crippen LogP contribution in [0.3, 0.4) is 0 Å². The Bertz CT molecular complexity index is 1150. The summed E-state index contributed by atoms with van der Waals surface area (Å²) in [7, 11) is 1.39. The monoisotopic (exact) mass is 511 g/mol. The van der Waals surface area contributed by atoms with Crippen LogP contribution < -0.4 is 9.47 Å². The predicted molar refractivity (Wildman–Crippen MR) is 124 cm³/mol. The van der Waals surface area contributed by atoms with E-state index in [0.29, 0.717) is 0 Å². The van der Waals surface area contributed by atoms with E-state index in [4.69, 9.17) is 37.4 Å². The molecule has 11 heteroatoms. The van der Waals surface area contributed by atoms with Crippen LogP contribution in [0.4, 0.5) is 9.18 Å². The highest BCUT2D eigenvalue weighted by Crippen LogP contribution is 2.45. The smallest absolute Gasteiger partial charge is 0.410 e. The van der Waals surface area contributed by atoms with E-state index in [-0.39, 0.29) is 64.7 Å². The van der Waals surface area contributed by atoms with Crippen LogP contribution in [-0.2, 0) is 4.74 Å². The molecular weight excluding hydrogens is 488 g/mol. The maximum atomic E-state index is 14.7. The number of piperazine rings is 1. The average Bonchev–Trinajstić information content (AvgIpc) is 2.92. The van der Waals surface area contributed by atoms with Gasteiger partial charge in [0.05, 0.1) is 18.7 Å². The van der Waals surface area contributed by atoms with E-state index in [1.807, 2.05) is 0 Å². The van der Waals surface area contributed by atoms with Gasteiger partial charge in [-0.1, -0.05) is 29.3 Å². The van der Waals surface area contributed by atoms with E-state index in [9.17, 15) is 14.0 Å². The molecule has 1 atom stereocenters. The number of nitrogens with zero attached hydrogens (tertiary/aromatic N) is 3. The first-order valence-corrected chi connectivity index (χ1v) is 11.4. The minimum Gasteiger partial charge on any atom is -0.496 e. The number of amides is 2. The number of benzene rings is 1. The molecule has 3 heterocycles. The van der Waals surface area contributed by atoms with Crippen molar-refractivity contribution in [3.63, 3.8) is 0 Å². The lowest BCUT2D eigenvalue weighted by atomic mass is 10.1. The molecule has 2 aliphatic heterocycles. The number of pyridine rings is 1. The van der Waals surface area contributed by atoms with Gasteiger partial charge < -0.3 is 24.0 Å². The van der Waals surface area contributed by atoms with Crippen LogP contribution >= 0.6 is 23.2 Å². The summed E-state index contributed by atoms with van der Waals surface area (Å²) in [5.74, 6) is -0.816. The fraction of sp³-hybridized carbons (Fsp3) is 0.435. The van der Waals surface area contributed by atoms with Crippen LogP contribution in [0.1, 0.15) is 31.1 Å². The van der Waals surface area contributed by atoms with E-state index in [1.165, 1.54) is 24.1 Å². The van der Waals surface area contributed by atoms with Gasteiger partial charge in [0, 0.05) is 19.6 Å². The Morgan fingerprint density at radius 3 is 2.65 bits per heavy atom. The highest BCUT2D eigenvalue weighted by Gasteiger charge is 2.40. The van der Waals surface area contributed by atoms with E-state index in [0.717, 1.165) is 0 Å². The van der Waals surface area contributed by atoms with Crippen LogP contribution in [0.25, 0.3) is 11.3 Å². The minimum absolute atomic E-state index is 0.000981. The molecular formula is C23H24Cl2FN3O5. The zero-order valence-corrected chi connectivity index (χ0v) is 20.7. The van der Waals surface area contributed by atoms with Crippen LogP contribution in [0.15, 0.2) is 18.2 Å². The van der Waals surface area contributed by atoms with Crippen LogP contribution in [0.2, 0.25) is 10.2 Å². The van der Waals surface area contributed by atoms with Crippen molar-refractivity contribution in [1.29, 1.82) is 0 Å². The zero-order valence-electron chi connectivity index (χ0n) is 19.2. The van der Waals surface area contributed by atoms with Gasteiger partial charge in [0.25, 0.3) is 5.91 Å². The summed E-state index contributed by atoms with van der Waals surface area (Å²) in [6.07, 6.45) is -0.465. The number of methoxy groups -OCH3 is 1. The van der Waals surface area contributed by atoms with Gasteiger partial charge in [0.1, 0.15) is 45.2 Å². The number of carbonyl (C=O) groups is 2. The first kappa shape index (κ1) is 24.3. The van der Waals surface area contributed by atoms with Gasteiger partial charge in [-0.3, -0.25) is 4.79 Å². The van der Waals surface area contributed by atoms with Crippen LogP contribution in [0.5, 0.6) is 11.5 Å². The van der Waals surface area contributed by atoms with Crippen molar-refractivity contribution >= 4 is 35.2 Å². The van der Waals surface area contributed by atoms with Gasteiger partial charge in [-0.15, -0.1) is 0 Å². The molecule has 4 rings (SSSR count). The lowest BCUT2D eigenvalue weighted by Crippen LogP contribution is -2.58. The molecule has 1 fully saturated rings. The van der Waals surface area contributed by atoms with Crippen LogP contribution in [0, 0.1) is 5.82 Å². The Kier molecular flexibility index (Phi) is 6.52. The third kappa shape index (κ3) is 4.46. The predicted octanol–water partition coefficient (Wildman–Crippen LogP) is 4.66. The van der Waals surface area contributed by atoms with Crippen molar-refractivity contribution in [2.24, 2.45) is 0 Å². The summed E-state index contributed by atoms with van der Waals surface area (Å²) in [6, 6.07) is 3.84. The second-order valence-electron chi connectivity index (χ2n) is 8.98. The summed E-state index contributed by atoms with van der Waals surface area (Å²) >= 11 is 13.0. The number of aromatic nitrogens is 1. The number of hydrogen-bond acceptors (Lipinski definition) is 6. The summed E-state index contributed by atoms with van der Waals surface area (Å²) in [5, 5.41) is -0.222. The molecule has 0 saturated carbocycles. The summed E-state index contributed by atoms with van der Waals surface area (Å²) < 4.78 is 31.4. The molecule has 0 spiro atoms. The van der Waals surface area contributed by atoms with Gasteiger partial charge in [-0.05, 0) is 32.9 Å². The van der Waals surface area contributed by atoms with Gasteiger partial charge >= 0.3 is 6.09 Å². The number of hydrogen-bond donors (Lipinski definition) is 0. The molecule has 0 radical (unpaired) electrons. The standard InChI is InChI=1S/C23H24Cl2FN3O5/c1-23(2,3)34-22(31)28-8-9-29-12(10-28)11-33-19-16(21(29)30)20(25)27-18(17(19)24)15-13(26)6-5-7-14(15)32-4/h5-7,12H,8-11H2,1-4H3/t12-/m1/s1. The van der Waals surface area contributed by atoms with Crippen molar-refractivity contribution in [1.82, 2.24) is 14.8 Å². The molecule has 8 nitrogen and oxygen atoms in total. The third-order valence-electron chi connectivity index (χ3n) is 5.51. The number of rotatable bonds is 2. The normalized spacial score (nSPS) is 18.0. The summed E-state index contributed by atoms with van der Waals surface area (Å²) in [6.45, 7) is 6.16. The largest absolute Gasteiger partial charge is 0.496 e. The molecule has 2 amide bonds. The Morgan fingerprint density at radius 2 is 1.97 bits per heavy atom. The fourth-order valence-electron chi connectivity index (χ4n) is 3.99. The van der Waals surface area contributed by atoms with Gasteiger partial charge in [0.15, 0.2) is 5.75 Å². The molecule has 2 aromatic rings. The first-order chi connectivity index (χ1) is 16.0. The first-order valence-electron chi connectivity index (χ1n) is 10.7. The molecule has 2 aliphatic rings. The second kappa shape index (κ2) is 9.11. The molecule has 0 unspecified atom stereocenters. The van der Waals surface area contributed by atoms with Crippen molar-refractivity contribution in [3.8, 4) is 22.8 Å². The quantitative estimate of drug-likeness (QED) is 0.545. The Balaban J connectivity index is 1.69. The summed E-state index contributed by atoms with van der Waals surface area (Å²) in [4.78, 5) is 33.3. The van der Waals surface area contributed by atoms with E-state index < -0.39 is 29.5 Å². The van der Waals surface area contributed by atoms with Crippen molar-refractivity contribution in [2.45, 2.75) is 32.4 Å². The van der Waals surface area contributed by atoms with Crippen molar-refractivity contribution < 1.29 is 28.2 Å². The highest BCUT2D eigenvalue weighted by atomic mass is 35.5. The molecule has 0 bridgehead atoms. The summed E-state index contributed by atoms with van der Waals surface area (Å²) in [5.41, 5.74) is -0.631. The Labute approximate surface area is 206 Å². The molecule has 182 valence electrons. The fourth-order valence-corrected chi connectivity index (χ4v) is 4.52. The third-order valence-corrected chi connectivity index (χ3v) is 6.14. The van der Waals surface area contributed by atoms with Gasteiger partial charge in [-0.2, -0.15) is 0 Å². The molecule has 0 aliphatic carbocycles. The maximum absolute atomic E-state index is 14.7. The zero-order chi connectivity index (χ0) is 24.8. The van der Waals surface area contributed by atoms with Gasteiger partial charge in [0.2, 0.25) is 0 Å². The maximum Gasteiger partial charge on any atom is 0.410 e. The molecule has 34 heavy (non-hydrogen) atoms. The van der Waals surface area contributed by atoms with Crippen molar-refractivity contribution in [3.05, 3.63) is 39.8 Å². The molecule has 1 saturated heterocycles. The lowest BCUT2D eigenvalue weighted by Gasteiger charge is -2.40. The van der Waals surface area contributed by atoms with E-state index >= 15 is 0 Å². The topological polar surface area (TPSA) is 81.2 Å². The number of ether oxygens (including phenoxy) is 3. The highest BCUT2D eigenvalue weighted by molar-refractivity contribution is 6.38. The SMILES string of the molecule is COc1cccc(F)c1-c1nc(Cl)c2c(c1Cl)OC[C@H]1CN(C(=O)OC(C)(C)C)CCN1C2=O. The Morgan fingerprint density at radius 1 is 1.24 bits per heavy atom. The molecule has 1 aromatic carbocycles. The number of carbonyl (C=O) groups excluding carboxylic acids is 2. The van der Waals surface area contributed by atoms with Crippen molar-refractivity contribution in [2.75, 3.05) is 33.4 Å². The van der Waals surface area contributed by atoms with E-state index in [2.05, 4.69) is 4.98 Å². The van der Waals surface area contributed by atoms with Gasteiger partial charge in [-0.25, -0.2) is 14.2 Å². The second-order valence-corrected chi connectivity index (χ2v) is 9.71. The number of fused-ring (bicyclic) bond motifs is 2. The minimum atomic E-state index is -0.642. The number of halogens is 3. The van der Waals surface area contributed by atoms with E-state index in [1.54, 1.807) is 31.7 Å².